The maximum atomic E-state index is 11.7. The standard InChI is InChI=1S/C24H34N4O3.C21H24N4O.C20H27ClN4O3.C20H28N4O.C18H21N5O/c1-14(2)22-25-21(20-16(4)27-31-17(20)5)15(3)23(26-22)28-9-7-24(8-10-28)12-18(13-24)11-19(29)30-6;1-12(2)20-22-19(18-14(4)24-26-15(18)5)13(3)21(23-20)25-10-16-8-6-7-9-17(16)11-25;1-11(2)19-22-15(10-14-6-8-25(9-7-14)20(26)27-5)17(21)18(23-19)16-12(3)24-28-13(16)4;1-11(2)19-21-18(17-13(4)23-25-14(17)5)12(3)20(22-19)24-9-15-7-6-8-16(15)10-24;1-10(2)18-21-15(17-12(4)23-24-13(17)5)8-16(22-18)20-14-7-6-11(3)19-9-14/h14,18H,7-13H2,1-6H3;6-9,12H,10-11H2,1-5H3;11,14H,6-10H2,1-5H3;11,15-16H,6-10H2,1-5H3;6-10H,1-5H3,(H,20,21,22)/t;;;15-,16+;. The lowest BCUT2D eigenvalue weighted by Gasteiger charge is -2.52. The first-order valence-electron chi connectivity index (χ1n) is 47.6. The van der Waals surface area contributed by atoms with Crippen LogP contribution in [0.25, 0.3) is 56.3 Å². The Kier molecular flexibility index (Phi) is 30.7. The lowest BCUT2D eigenvalue weighted by atomic mass is 9.57. The van der Waals surface area contributed by atoms with Crippen molar-refractivity contribution < 1.29 is 41.7 Å². The number of hydrogen-bond acceptors (Lipinski definition) is 29. The molecule has 134 heavy (non-hydrogen) atoms. The molecule has 31 heteroatoms. The highest BCUT2D eigenvalue weighted by Gasteiger charge is 2.47. The summed E-state index contributed by atoms with van der Waals surface area (Å²) in [5.74, 6) is 15.6. The van der Waals surface area contributed by atoms with Crippen molar-refractivity contribution >= 4 is 52.6 Å². The van der Waals surface area contributed by atoms with Crippen LogP contribution in [0, 0.1) is 126 Å². The molecule has 30 nitrogen and oxygen atoms in total. The zero-order valence-corrected chi connectivity index (χ0v) is 84.0. The van der Waals surface area contributed by atoms with Crippen molar-refractivity contribution in [2.45, 2.75) is 279 Å². The van der Waals surface area contributed by atoms with E-state index in [4.69, 9.17) is 83.6 Å². The number of pyridine rings is 1. The van der Waals surface area contributed by atoms with E-state index in [-0.39, 0.29) is 35.7 Å². The Bertz CT molecular complexity index is 6020. The molecule has 0 radical (unpaired) electrons. The molecule has 5 fully saturated rings. The molecular weight excluding hydrogens is 1710 g/mol. The average Bonchev–Trinajstić information content (AvgIpc) is 1.75. The smallest absolute Gasteiger partial charge is 0.409 e. The van der Waals surface area contributed by atoms with Crippen molar-refractivity contribution in [2.24, 2.45) is 29.1 Å². The van der Waals surface area contributed by atoms with Crippen molar-refractivity contribution in [3.8, 4) is 56.3 Å². The number of benzene rings is 1. The number of halogens is 1. The van der Waals surface area contributed by atoms with Gasteiger partial charge in [-0.25, -0.2) is 54.6 Å². The third-order valence-corrected chi connectivity index (χ3v) is 27.6. The van der Waals surface area contributed by atoms with Crippen LogP contribution in [0.15, 0.2) is 71.3 Å². The van der Waals surface area contributed by atoms with Crippen LogP contribution < -0.4 is 20.0 Å². The third kappa shape index (κ3) is 21.7. The summed E-state index contributed by atoms with van der Waals surface area (Å²) >= 11 is 6.76. The number of carbonyl (C=O) groups excluding carboxylic acids is 2. The minimum absolute atomic E-state index is 0.0815. The van der Waals surface area contributed by atoms with Crippen LogP contribution in [0.2, 0.25) is 5.02 Å². The number of likely N-dealkylation sites (tertiary alicyclic amines) is 1. The number of rotatable bonds is 19. The fourth-order valence-corrected chi connectivity index (χ4v) is 19.9. The van der Waals surface area contributed by atoms with E-state index in [1.807, 2.05) is 94.4 Å². The van der Waals surface area contributed by atoms with Crippen molar-refractivity contribution in [3.63, 3.8) is 0 Å². The fourth-order valence-electron chi connectivity index (χ4n) is 19.6. The number of methoxy groups -OCH3 is 2. The first kappa shape index (κ1) is 98.1. The molecule has 0 unspecified atom stereocenters. The number of piperidine rings is 2. The Balaban J connectivity index is 0.000000135. The molecular formula is C103H134ClN21O9. The summed E-state index contributed by atoms with van der Waals surface area (Å²) in [5, 5.41) is 24.3. The molecule has 1 aromatic carbocycles. The summed E-state index contributed by atoms with van der Waals surface area (Å²) < 4.78 is 36.5. The van der Waals surface area contributed by atoms with Crippen LogP contribution in [-0.2, 0) is 33.8 Å². The highest BCUT2D eigenvalue weighted by atomic mass is 35.5. The molecule has 0 bridgehead atoms. The summed E-state index contributed by atoms with van der Waals surface area (Å²) in [4.78, 5) is 84.9. The Morgan fingerprint density at radius 2 is 0.873 bits per heavy atom. The van der Waals surface area contributed by atoms with E-state index in [2.05, 4.69) is 175 Å². The number of nitrogens with zero attached hydrogens (tertiary/aromatic N) is 20. The predicted octanol–water partition coefficient (Wildman–Crippen LogP) is 22.7. The maximum Gasteiger partial charge on any atom is 0.409 e. The molecule has 6 aliphatic rings. The lowest BCUT2D eigenvalue weighted by Crippen LogP contribution is -2.48. The van der Waals surface area contributed by atoms with Gasteiger partial charge in [0, 0.05) is 117 Å². The summed E-state index contributed by atoms with van der Waals surface area (Å²) in [6.45, 7) is 56.2. The topological polar surface area (TPSA) is 350 Å². The molecule has 2 aliphatic carbocycles. The molecule has 1 spiro atoms. The molecule has 12 aromatic rings. The van der Waals surface area contributed by atoms with Crippen molar-refractivity contribution in [2.75, 3.05) is 73.5 Å². The number of hydrogen-bond donors (Lipinski definition) is 1. The van der Waals surface area contributed by atoms with E-state index in [1.165, 1.54) is 44.6 Å². The zero-order chi connectivity index (χ0) is 96.2. The summed E-state index contributed by atoms with van der Waals surface area (Å²) in [6, 6.07) is 14.5. The van der Waals surface area contributed by atoms with E-state index in [9.17, 15) is 9.59 Å². The minimum atomic E-state index is -0.263. The predicted molar refractivity (Wildman–Crippen MR) is 520 cm³/mol. The second-order valence-electron chi connectivity index (χ2n) is 39.0. The van der Waals surface area contributed by atoms with Crippen molar-refractivity contribution in [3.05, 3.63) is 179 Å². The molecule has 1 amide bonds. The first-order valence-corrected chi connectivity index (χ1v) is 47.9. The van der Waals surface area contributed by atoms with Crippen LogP contribution >= 0.6 is 11.6 Å². The van der Waals surface area contributed by atoms with Gasteiger partial charge in [0.1, 0.15) is 81.2 Å². The zero-order valence-electron chi connectivity index (χ0n) is 83.2. The number of anilines is 5. The third-order valence-electron chi connectivity index (χ3n) is 27.2. The largest absolute Gasteiger partial charge is 0.469 e. The van der Waals surface area contributed by atoms with E-state index < -0.39 is 0 Å². The van der Waals surface area contributed by atoms with Crippen molar-refractivity contribution in [1.82, 2.24) is 85.5 Å². The normalized spacial score (nSPS) is 16.4. The molecule has 2 saturated carbocycles. The quantitative estimate of drug-likeness (QED) is 0.0735. The van der Waals surface area contributed by atoms with Gasteiger partial charge in [-0.1, -0.05) is 137 Å². The van der Waals surface area contributed by atoms with Crippen LogP contribution in [0.5, 0.6) is 0 Å². The molecule has 3 saturated heterocycles. The summed E-state index contributed by atoms with van der Waals surface area (Å²) in [6.07, 6.45) is 13.4. The molecule has 712 valence electrons. The number of ether oxygens (including phenoxy) is 2. The van der Waals surface area contributed by atoms with Gasteiger partial charge in [0.05, 0.1) is 122 Å². The van der Waals surface area contributed by atoms with Gasteiger partial charge < -0.3 is 57.0 Å². The number of esters is 1. The number of amides is 1. The van der Waals surface area contributed by atoms with Crippen LogP contribution in [-0.4, -0.2) is 151 Å². The second-order valence-corrected chi connectivity index (χ2v) is 39.4. The molecule has 2 atom stereocenters. The molecule has 11 aromatic heterocycles. The number of aryl methyl sites for hydroxylation is 11. The van der Waals surface area contributed by atoms with Gasteiger partial charge in [-0.3, -0.25) is 9.78 Å². The van der Waals surface area contributed by atoms with Gasteiger partial charge >= 0.3 is 12.1 Å². The van der Waals surface area contributed by atoms with Gasteiger partial charge in [0.2, 0.25) is 0 Å². The Morgan fingerprint density at radius 3 is 1.28 bits per heavy atom. The van der Waals surface area contributed by atoms with Gasteiger partial charge in [-0.15, -0.1) is 0 Å². The first-order chi connectivity index (χ1) is 63.9. The van der Waals surface area contributed by atoms with Gasteiger partial charge in [0.25, 0.3) is 0 Å². The highest BCUT2D eigenvalue weighted by Crippen LogP contribution is 2.55. The molecule has 1 N–H and O–H groups in total. The number of carbonyl (C=O) groups is 2. The van der Waals surface area contributed by atoms with Crippen LogP contribution in [0.3, 0.4) is 0 Å². The van der Waals surface area contributed by atoms with E-state index >= 15 is 0 Å². The Labute approximate surface area is 793 Å². The minimum Gasteiger partial charge on any atom is -0.469 e. The van der Waals surface area contributed by atoms with Crippen LogP contribution in [0.4, 0.5) is 33.8 Å². The number of nitrogens with one attached hydrogen (secondary N) is 1. The number of fused-ring (bicyclic) bond motifs is 2. The van der Waals surface area contributed by atoms with Gasteiger partial charge in [-0.05, 0) is 207 Å². The monoisotopic (exact) mass is 1840 g/mol. The maximum absolute atomic E-state index is 11.7. The van der Waals surface area contributed by atoms with Gasteiger partial charge in [-0.2, -0.15) is 0 Å². The SMILES string of the molecule is COC(=O)CC1CC2(CCN(c3nc(C(C)C)nc(-c4c(C)noc4C)c3C)CC2)C1.COC(=O)N1CCC(Cc2nc(C(C)C)nc(-c3c(C)noc3C)c2Cl)CC1.Cc1ccc(Nc2cc(-c3c(C)noc3C)nc(C(C)C)n2)cn1.Cc1noc(C)c1-c1nc(C(C)C)nc(N2C[C@H]3CCC[C@H]3C2)c1C.Cc1noc(C)c1-c1nc(C(C)C)nc(N2Cc3ccccc3C2)c1C. The summed E-state index contributed by atoms with van der Waals surface area (Å²) in [7, 11) is 2.89. The van der Waals surface area contributed by atoms with E-state index in [0.717, 1.165) is 284 Å². The van der Waals surface area contributed by atoms with Crippen molar-refractivity contribution in [1.29, 1.82) is 0 Å². The molecule has 18 rings (SSSR count). The molecule has 15 heterocycles. The van der Waals surface area contributed by atoms with E-state index in [0.29, 0.717) is 59.2 Å². The average molecular weight is 1850 g/mol. The number of aromatic nitrogens is 16. The highest BCUT2D eigenvalue weighted by molar-refractivity contribution is 6.33. The van der Waals surface area contributed by atoms with Gasteiger partial charge in [0.15, 0.2) is 0 Å². The molecule has 4 aliphatic heterocycles. The fraction of sp³-hybridized carbons (Fsp3) is 0.534. The summed E-state index contributed by atoms with van der Waals surface area (Å²) in [5.41, 5.74) is 22.5. The Morgan fingerprint density at radius 1 is 0.463 bits per heavy atom. The van der Waals surface area contributed by atoms with Crippen LogP contribution in [0.1, 0.15) is 289 Å². The van der Waals surface area contributed by atoms with E-state index in [1.54, 1.807) is 11.1 Å². The second kappa shape index (κ2) is 41.9. The Hall–Kier alpha value is -12.0. The lowest BCUT2D eigenvalue weighted by molar-refractivity contribution is -0.144.